The van der Waals surface area contributed by atoms with Gasteiger partial charge < -0.3 is 4.90 Å². The summed E-state index contributed by atoms with van der Waals surface area (Å²) < 4.78 is 0. The zero-order valence-corrected chi connectivity index (χ0v) is 9.86. The number of benzene rings is 1. The van der Waals surface area contributed by atoms with Crippen LogP contribution in [-0.4, -0.2) is 23.9 Å². The molecule has 0 aromatic heterocycles. The standard InChI is InChI=1S/C14H17NO/c1-11(2)7-9-15-10-8-12-5-3-4-6-13(12)14(15)16/h3-7H,8-10H2,1-2H3. The van der Waals surface area contributed by atoms with Gasteiger partial charge in [-0.25, -0.2) is 0 Å². The van der Waals surface area contributed by atoms with Crippen molar-refractivity contribution in [1.29, 1.82) is 0 Å². The van der Waals surface area contributed by atoms with Crippen LogP contribution in [0.4, 0.5) is 0 Å². The van der Waals surface area contributed by atoms with Gasteiger partial charge in [-0.2, -0.15) is 0 Å². The lowest BCUT2D eigenvalue weighted by atomic mass is 9.99. The molecule has 1 aromatic carbocycles. The molecule has 1 aliphatic rings. The molecule has 16 heavy (non-hydrogen) atoms. The van der Waals surface area contributed by atoms with Gasteiger partial charge in [0.2, 0.25) is 0 Å². The van der Waals surface area contributed by atoms with E-state index >= 15 is 0 Å². The molecule has 0 N–H and O–H groups in total. The van der Waals surface area contributed by atoms with Gasteiger partial charge in [0.15, 0.2) is 0 Å². The molecule has 84 valence electrons. The third kappa shape index (κ3) is 2.16. The Kier molecular flexibility index (Phi) is 3.09. The molecule has 0 fully saturated rings. The van der Waals surface area contributed by atoms with Crippen LogP contribution in [0.5, 0.6) is 0 Å². The third-order valence-corrected chi connectivity index (χ3v) is 2.91. The lowest BCUT2D eigenvalue weighted by Crippen LogP contribution is -2.37. The summed E-state index contributed by atoms with van der Waals surface area (Å²) in [7, 11) is 0. The molecule has 0 aliphatic carbocycles. The molecule has 0 bridgehead atoms. The van der Waals surface area contributed by atoms with Crippen LogP contribution in [0, 0.1) is 0 Å². The van der Waals surface area contributed by atoms with Crippen molar-refractivity contribution in [3.05, 3.63) is 47.0 Å². The fourth-order valence-corrected chi connectivity index (χ4v) is 1.94. The number of allylic oxidation sites excluding steroid dienone is 1. The monoisotopic (exact) mass is 215 g/mol. The lowest BCUT2D eigenvalue weighted by molar-refractivity contribution is 0.0758. The zero-order valence-electron chi connectivity index (χ0n) is 9.86. The molecule has 1 amide bonds. The van der Waals surface area contributed by atoms with Crippen molar-refractivity contribution in [3.63, 3.8) is 0 Å². The Morgan fingerprint density at radius 2 is 2.12 bits per heavy atom. The second-order valence-electron chi connectivity index (χ2n) is 4.44. The number of carbonyl (C=O) groups is 1. The van der Waals surface area contributed by atoms with Crippen LogP contribution in [0.25, 0.3) is 0 Å². The molecule has 2 rings (SSSR count). The maximum absolute atomic E-state index is 12.1. The molecule has 1 heterocycles. The van der Waals surface area contributed by atoms with E-state index in [-0.39, 0.29) is 5.91 Å². The van der Waals surface area contributed by atoms with Crippen molar-refractivity contribution in [2.75, 3.05) is 13.1 Å². The number of carbonyl (C=O) groups excluding carboxylic acids is 1. The van der Waals surface area contributed by atoms with Crippen molar-refractivity contribution < 1.29 is 4.79 Å². The summed E-state index contributed by atoms with van der Waals surface area (Å²) in [6.07, 6.45) is 3.07. The van der Waals surface area contributed by atoms with Crippen molar-refractivity contribution in [1.82, 2.24) is 4.90 Å². The van der Waals surface area contributed by atoms with Crippen molar-refractivity contribution in [2.45, 2.75) is 20.3 Å². The summed E-state index contributed by atoms with van der Waals surface area (Å²) in [6, 6.07) is 7.90. The SMILES string of the molecule is CC(C)=CCN1CCc2ccccc2C1=O. The highest BCUT2D eigenvalue weighted by molar-refractivity contribution is 5.96. The van der Waals surface area contributed by atoms with Crippen LogP contribution in [0.1, 0.15) is 29.8 Å². The average molecular weight is 215 g/mol. The molecule has 2 heteroatoms. The highest BCUT2D eigenvalue weighted by Gasteiger charge is 2.22. The summed E-state index contributed by atoms with van der Waals surface area (Å²) in [4.78, 5) is 14.0. The van der Waals surface area contributed by atoms with Gasteiger partial charge in [0.25, 0.3) is 5.91 Å². The predicted octanol–water partition coefficient (Wildman–Crippen LogP) is 2.65. The van der Waals surface area contributed by atoms with E-state index in [2.05, 4.69) is 19.9 Å². The summed E-state index contributed by atoms with van der Waals surface area (Å²) in [5.41, 5.74) is 3.31. The Morgan fingerprint density at radius 3 is 2.88 bits per heavy atom. The molecular weight excluding hydrogens is 198 g/mol. The molecule has 0 unspecified atom stereocenters. The number of fused-ring (bicyclic) bond motifs is 1. The minimum atomic E-state index is 0.166. The van der Waals surface area contributed by atoms with E-state index in [1.807, 2.05) is 29.2 Å². The maximum Gasteiger partial charge on any atom is 0.254 e. The molecular formula is C14H17NO. The van der Waals surface area contributed by atoms with Gasteiger partial charge >= 0.3 is 0 Å². The first-order valence-electron chi connectivity index (χ1n) is 5.69. The average Bonchev–Trinajstić information content (AvgIpc) is 2.28. The minimum absolute atomic E-state index is 0.166. The molecule has 0 saturated carbocycles. The van der Waals surface area contributed by atoms with Gasteiger partial charge in [-0.3, -0.25) is 4.79 Å². The van der Waals surface area contributed by atoms with Gasteiger partial charge in [-0.15, -0.1) is 0 Å². The van der Waals surface area contributed by atoms with E-state index in [1.165, 1.54) is 11.1 Å². The van der Waals surface area contributed by atoms with Gasteiger partial charge in [0, 0.05) is 18.7 Å². The van der Waals surface area contributed by atoms with Crippen LogP contribution in [-0.2, 0) is 6.42 Å². The molecule has 0 saturated heterocycles. The second kappa shape index (κ2) is 4.52. The normalized spacial score (nSPS) is 14.6. The van der Waals surface area contributed by atoms with E-state index in [4.69, 9.17) is 0 Å². The number of hydrogen-bond donors (Lipinski definition) is 0. The minimum Gasteiger partial charge on any atom is -0.335 e. The van der Waals surface area contributed by atoms with Crippen molar-refractivity contribution in [3.8, 4) is 0 Å². The number of amides is 1. The highest BCUT2D eigenvalue weighted by Crippen LogP contribution is 2.18. The topological polar surface area (TPSA) is 20.3 Å². The first kappa shape index (κ1) is 10.9. The van der Waals surface area contributed by atoms with Crippen LogP contribution in [0.2, 0.25) is 0 Å². The van der Waals surface area contributed by atoms with Gasteiger partial charge in [-0.1, -0.05) is 29.8 Å². The maximum atomic E-state index is 12.1. The first-order valence-corrected chi connectivity index (χ1v) is 5.69. The Morgan fingerprint density at radius 1 is 1.38 bits per heavy atom. The summed E-state index contributed by atoms with van der Waals surface area (Å²) in [5, 5.41) is 0. The Balaban J connectivity index is 2.18. The molecule has 0 radical (unpaired) electrons. The quantitative estimate of drug-likeness (QED) is 0.694. The largest absolute Gasteiger partial charge is 0.335 e. The van der Waals surface area contributed by atoms with Gasteiger partial charge in [-0.05, 0) is 31.9 Å². The fraction of sp³-hybridized carbons (Fsp3) is 0.357. The van der Waals surface area contributed by atoms with Crippen molar-refractivity contribution in [2.24, 2.45) is 0 Å². The molecule has 1 aromatic rings. The van der Waals surface area contributed by atoms with E-state index in [0.717, 1.165) is 25.1 Å². The van der Waals surface area contributed by atoms with E-state index in [9.17, 15) is 4.79 Å². The van der Waals surface area contributed by atoms with Crippen LogP contribution >= 0.6 is 0 Å². The number of rotatable bonds is 2. The Labute approximate surface area is 96.6 Å². The smallest absolute Gasteiger partial charge is 0.254 e. The molecule has 2 nitrogen and oxygen atoms in total. The Bertz CT molecular complexity index is 430. The summed E-state index contributed by atoms with van der Waals surface area (Å²) >= 11 is 0. The Hall–Kier alpha value is -1.57. The summed E-state index contributed by atoms with van der Waals surface area (Å²) in [6.45, 7) is 5.68. The molecule has 0 spiro atoms. The molecule has 1 aliphatic heterocycles. The zero-order chi connectivity index (χ0) is 11.5. The first-order chi connectivity index (χ1) is 7.68. The van der Waals surface area contributed by atoms with E-state index in [1.54, 1.807) is 0 Å². The van der Waals surface area contributed by atoms with Crippen LogP contribution in [0.3, 0.4) is 0 Å². The van der Waals surface area contributed by atoms with Crippen LogP contribution < -0.4 is 0 Å². The summed E-state index contributed by atoms with van der Waals surface area (Å²) in [5.74, 6) is 0.166. The van der Waals surface area contributed by atoms with Crippen LogP contribution in [0.15, 0.2) is 35.9 Å². The van der Waals surface area contributed by atoms with E-state index in [0.29, 0.717) is 0 Å². The van der Waals surface area contributed by atoms with Crippen molar-refractivity contribution >= 4 is 5.91 Å². The number of nitrogens with zero attached hydrogens (tertiary/aromatic N) is 1. The predicted molar refractivity (Wildman–Crippen MR) is 65.5 cm³/mol. The number of hydrogen-bond acceptors (Lipinski definition) is 1. The molecule has 0 atom stereocenters. The lowest BCUT2D eigenvalue weighted by Gasteiger charge is -2.27. The fourth-order valence-electron chi connectivity index (χ4n) is 1.94. The van der Waals surface area contributed by atoms with Gasteiger partial charge in [0.1, 0.15) is 0 Å². The van der Waals surface area contributed by atoms with E-state index < -0.39 is 0 Å². The highest BCUT2D eigenvalue weighted by atomic mass is 16.2. The van der Waals surface area contributed by atoms with Gasteiger partial charge in [0.05, 0.1) is 0 Å². The third-order valence-electron chi connectivity index (χ3n) is 2.91. The second-order valence-corrected chi connectivity index (χ2v) is 4.44.